The highest BCUT2D eigenvalue weighted by molar-refractivity contribution is 5.84. The predicted octanol–water partition coefficient (Wildman–Crippen LogP) is 0.912. The van der Waals surface area contributed by atoms with Crippen molar-refractivity contribution in [2.45, 2.75) is 5.54 Å². The van der Waals surface area contributed by atoms with Gasteiger partial charge in [0.05, 0.1) is 11.5 Å². The van der Waals surface area contributed by atoms with Crippen molar-refractivity contribution in [3.05, 3.63) is 47.8 Å². The van der Waals surface area contributed by atoms with E-state index < -0.39 is 23.1 Å². The Morgan fingerprint density at radius 1 is 1.45 bits per heavy atom. The van der Waals surface area contributed by atoms with Gasteiger partial charge in [-0.25, -0.2) is 8.78 Å². The summed E-state index contributed by atoms with van der Waals surface area (Å²) in [6.07, 6.45) is 0. The molecule has 1 aromatic carbocycles. The van der Waals surface area contributed by atoms with E-state index in [4.69, 9.17) is 0 Å². The Hall–Kier alpha value is -1.95. The van der Waals surface area contributed by atoms with E-state index in [0.29, 0.717) is 18.9 Å². The van der Waals surface area contributed by atoms with Crippen molar-refractivity contribution in [3.63, 3.8) is 0 Å². The second-order valence-corrected chi connectivity index (χ2v) is 5.25. The maximum atomic E-state index is 14.2. The van der Waals surface area contributed by atoms with E-state index >= 15 is 0 Å². The third kappa shape index (κ3) is 1.64. The van der Waals surface area contributed by atoms with Crippen LogP contribution in [0.3, 0.4) is 0 Å². The average molecular weight is 279 g/mol. The van der Waals surface area contributed by atoms with E-state index in [1.807, 2.05) is 0 Å². The van der Waals surface area contributed by atoms with Crippen molar-refractivity contribution in [2.24, 2.45) is 5.92 Å². The number of fused-ring (bicyclic) bond motifs is 1. The van der Waals surface area contributed by atoms with Crippen LogP contribution in [0.2, 0.25) is 0 Å². The summed E-state index contributed by atoms with van der Waals surface area (Å²) in [6.45, 7) is 4.63. The minimum Gasteiger partial charge on any atom is -0.360 e. The molecule has 2 heterocycles. The molecule has 0 aromatic heterocycles. The van der Waals surface area contributed by atoms with Crippen LogP contribution in [0.5, 0.6) is 0 Å². The number of rotatable bonds is 1. The predicted molar refractivity (Wildman–Crippen MR) is 69.4 cm³/mol. The number of halogens is 2. The first kappa shape index (κ1) is 13.1. The smallest absolute Gasteiger partial charge is 0.234 e. The zero-order valence-corrected chi connectivity index (χ0v) is 11.0. The molecular weight excluding hydrogens is 264 g/mol. The van der Waals surface area contributed by atoms with Gasteiger partial charge in [0, 0.05) is 31.8 Å². The highest BCUT2D eigenvalue weighted by Crippen LogP contribution is 2.39. The van der Waals surface area contributed by atoms with Gasteiger partial charge in [0.15, 0.2) is 0 Å². The van der Waals surface area contributed by atoms with Gasteiger partial charge < -0.3 is 15.5 Å². The zero-order valence-electron chi connectivity index (χ0n) is 11.0. The second-order valence-electron chi connectivity index (χ2n) is 5.25. The quantitative estimate of drug-likeness (QED) is 0.803. The third-order valence-electron chi connectivity index (χ3n) is 4.16. The minimum absolute atomic E-state index is 0.123. The zero-order chi connectivity index (χ0) is 14.5. The number of nitrogens with one attached hydrogen (secondary N) is 2. The van der Waals surface area contributed by atoms with Crippen LogP contribution in [0.15, 0.2) is 30.6 Å². The standard InChI is InChI=1S/C14H15F2N3O/c1-8-18-14(10-4-3-9(15)5-12(10)16)7-17-6-11(14)13(20)19(8)2/h3-5,11,17-18H,1,6-7H2,2H3/t11-,14+/m0/s1. The largest absolute Gasteiger partial charge is 0.360 e. The van der Waals surface area contributed by atoms with Crippen LogP contribution in [-0.2, 0) is 10.3 Å². The first-order valence-electron chi connectivity index (χ1n) is 6.36. The van der Waals surface area contributed by atoms with Crippen LogP contribution >= 0.6 is 0 Å². The minimum atomic E-state index is -0.904. The first-order valence-corrected chi connectivity index (χ1v) is 6.36. The fourth-order valence-corrected chi connectivity index (χ4v) is 3.05. The lowest BCUT2D eigenvalue weighted by molar-refractivity contribution is -0.137. The highest BCUT2D eigenvalue weighted by Gasteiger charge is 2.53. The SMILES string of the molecule is C=C1N[C@@]2(c3ccc(F)cc3F)CNC[C@H]2C(=O)N1C. The van der Waals surface area contributed by atoms with Crippen LogP contribution < -0.4 is 10.6 Å². The summed E-state index contributed by atoms with van der Waals surface area (Å²) < 4.78 is 27.3. The molecule has 0 spiro atoms. The lowest BCUT2D eigenvalue weighted by atomic mass is 9.78. The monoisotopic (exact) mass is 279 g/mol. The highest BCUT2D eigenvalue weighted by atomic mass is 19.1. The van der Waals surface area contributed by atoms with Gasteiger partial charge in [-0.05, 0) is 6.07 Å². The van der Waals surface area contributed by atoms with Crippen LogP contribution in [-0.4, -0.2) is 30.9 Å². The molecule has 20 heavy (non-hydrogen) atoms. The molecule has 4 nitrogen and oxygen atoms in total. The number of nitrogens with zero attached hydrogens (tertiary/aromatic N) is 1. The molecule has 0 unspecified atom stereocenters. The summed E-state index contributed by atoms with van der Waals surface area (Å²) in [5.74, 6) is -1.45. The normalized spacial score (nSPS) is 29.4. The van der Waals surface area contributed by atoms with Gasteiger partial charge in [0.25, 0.3) is 0 Å². The summed E-state index contributed by atoms with van der Waals surface area (Å²) in [7, 11) is 1.63. The van der Waals surface area contributed by atoms with Gasteiger partial charge in [-0.1, -0.05) is 12.6 Å². The van der Waals surface area contributed by atoms with Crippen LogP contribution in [0.25, 0.3) is 0 Å². The molecule has 2 N–H and O–H groups in total. The molecule has 2 fully saturated rings. The first-order chi connectivity index (χ1) is 9.45. The molecule has 1 amide bonds. The number of benzene rings is 1. The lowest BCUT2D eigenvalue weighted by Gasteiger charge is -2.44. The molecule has 2 aliphatic rings. The fraction of sp³-hybridized carbons (Fsp3) is 0.357. The molecule has 106 valence electrons. The Bertz CT molecular complexity index is 604. The number of hydrogen-bond acceptors (Lipinski definition) is 3. The van der Waals surface area contributed by atoms with E-state index in [1.54, 1.807) is 7.05 Å². The summed E-state index contributed by atoms with van der Waals surface area (Å²) >= 11 is 0. The number of carbonyl (C=O) groups is 1. The molecule has 1 aromatic rings. The Kier molecular flexibility index (Phi) is 2.79. The molecule has 0 saturated carbocycles. The molecule has 0 aliphatic carbocycles. The van der Waals surface area contributed by atoms with E-state index in [9.17, 15) is 13.6 Å². The van der Waals surface area contributed by atoms with Crippen molar-refractivity contribution < 1.29 is 13.6 Å². The summed E-state index contributed by atoms with van der Waals surface area (Å²) in [4.78, 5) is 13.8. The maximum Gasteiger partial charge on any atom is 0.234 e. The van der Waals surface area contributed by atoms with Gasteiger partial charge >= 0.3 is 0 Å². The number of hydrogen-bond donors (Lipinski definition) is 2. The van der Waals surface area contributed by atoms with Crippen molar-refractivity contribution in [3.8, 4) is 0 Å². The van der Waals surface area contributed by atoms with Gasteiger partial charge in [0.1, 0.15) is 17.5 Å². The molecular formula is C14H15F2N3O. The van der Waals surface area contributed by atoms with Gasteiger partial charge in [-0.15, -0.1) is 0 Å². The fourth-order valence-electron chi connectivity index (χ4n) is 3.05. The number of amides is 1. The molecule has 2 aliphatic heterocycles. The Morgan fingerprint density at radius 2 is 2.20 bits per heavy atom. The Labute approximate surface area is 115 Å². The van der Waals surface area contributed by atoms with Crippen LogP contribution in [0, 0.1) is 17.6 Å². The third-order valence-corrected chi connectivity index (χ3v) is 4.16. The lowest BCUT2D eigenvalue weighted by Crippen LogP contribution is -2.60. The van der Waals surface area contributed by atoms with Crippen LogP contribution in [0.1, 0.15) is 5.56 Å². The second kappa shape index (κ2) is 4.28. The molecule has 3 rings (SSSR count). The van der Waals surface area contributed by atoms with Gasteiger partial charge in [0.2, 0.25) is 5.91 Å². The van der Waals surface area contributed by atoms with Gasteiger partial charge in [-0.2, -0.15) is 0 Å². The van der Waals surface area contributed by atoms with Crippen molar-refractivity contribution in [1.29, 1.82) is 0 Å². The molecule has 0 radical (unpaired) electrons. The molecule has 6 heteroatoms. The Balaban J connectivity index is 2.13. The van der Waals surface area contributed by atoms with Crippen molar-refractivity contribution in [1.82, 2.24) is 15.5 Å². The van der Waals surface area contributed by atoms with Crippen LogP contribution in [0.4, 0.5) is 8.78 Å². The molecule has 2 atom stereocenters. The summed E-state index contributed by atoms with van der Waals surface area (Å²) in [5.41, 5.74) is -0.616. The number of carbonyl (C=O) groups excluding carboxylic acids is 1. The van der Waals surface area contributed by atoms with E-state index in [-0.39, 0.29) is 11.5 Å². The van der Waals surface area contributed by atoms with E-state index in [1.165, 1.54) is 17.0 Å². The average Bonchev–Trinajstić information content (AvgIpc) is 2.80. The van der Waals surface area contributed by atoms with E-state index in [2.05, 4.69) is 17.2 Å². The summed E-state index contributed by atoms with van der Waals surface area (Å²) in [6, 6.07) is 3.44. The topological polar surface area (TPSA) is 44.4 Å². The summed E-state index contributed by atoms with van der Waals surface area (Å²) in [5, 5.41) is 6.24. The van der Waals surface area contributed by atoms with Crippen molar-refractivity contribution in [2.75, 3.05) is 20.1 Å². The van der Waals surface area contributed by atoms with Gasteiger partial charge in [-0.3, -0.25) is 4.79 Å². The molecule has 0 bridgehead atoms. The maximum absolute atomic E-state index is 14.2. The Morgan fingerprint density at radius 3 is 2.90 bits per heavy atom. The van der Waals surface area contributed by atoms with E-state index in [0.717, 1.165) is 6.07 Å². The molecule has 2 saturated heterocycles. The van der Waals surface area contributed by atoms with Crippen molar-refractivity contribution >= 4 is 5.91 Å².